The van der Waals surface area contributed by atoms with Crippen LogP contribution in [0.3, 0.4) is 0 Å². The number of benzene rings is 2. The second-order valence-electron chi connectivity index (χ2n) is 4.42. The molecule has 0 spiro atoms. The van der Waals surface area contributed by atoms with Crippen molar-refractivity contribution in [3.63, 3.8) is 0 Å². The van der Waals surface area contributed by atoms with Crippen LogP contribution < -0.4 is 5.14 Å². The van der Waals surface area contributed by atoms with Crippen LogP contribution in [0.25, 0.3) is 0 Å². The Kier molecular flexibility index (Phi) is 5.35. The molecule has 6 nitrogen and oxygen atoms in total. The van der Waals surface area contributed by atoms with E-state index in [1.807, 2.05) is 0 Å². The Bertz CT molecular complexity index is 879. The molecule has 23 heavy (non-hydrogen) atoms. The molecule has 0 aliphatic rings. The van der Waals surface area contributed by atoms with Crippen LogP contribution in [-0.4, -0.2) is 25.7 Å². The lowest BCUT2D eigenvalue weighted by Gasteiger charge is -2.09. The molecule has 2 rings (SSSR count). The summed E-state index contributed by atoms with van der Waals surface area (Å²) in [5, 5.41) is 5.19. The first-order chi connectivity index (χ1) is 10.7. The van der Waals surface area contributed by atoms with E-state index in [9.17, 15) is 17.4 Å². The van der Waals surface area contributed by atoms with Gasteiger partial charge in [0.1, 0.15) is 0 Å². The van der Waals surface area contributed by atoms with E-state index in [4.69, 9.17) is 5.14 Å². The van der Waals surface area contributed by atoms with E-state index in [-0.39, 0.29) is 15.4 Å². The van der Waals surface area contributed by atoms with Crippen molar-refractivity contribution >= 4 is 42.7 Å². The highest BCUT2D eigenvalue weighted by atomic mass is 79.9. The van der Waals surface area contributed by atoms with Gasteiger partial charge in [0.05, 0.1) is 33.3 Å². The number of halogens is 1. The van der Waals surface area contributed by atoms with Gasteiger partial charge in [0.15, 0.2) is 0 Å². The van der Waals surface area contributed by atoms with Crippen molar-refractivity contribution < 1.29 is 22.2 Å². The van der Waals surface area contributed by atoms with E-state index in [2.05, 4.69) is 20.7 Å². The summed E-state index contributed by atoms with van der Waals surface area (Å²) in [5.74, 6) is -0.712. The summed E-state index contributed by atoms with van der Waals surface area (Å²) in [6.07, 6.45) is 0. The van der Waals surface area contributed by atoms with E-state index in [0.29, 0.717) is 4.90 Å². The number of carbonyl (C=O) groups excluding carboxylic acids is 1. The fourth-order valence-corrected chi connectivity index (χ4v) is 4.36. The maximum Gasteiger partial charge on any atom is 0.337 e. The first kappa shape index (κ1) is 17.8. The fraction of sp³-hybridized carbons (Fsp3) is 0.0714. The molecule has 9 heteroatoms. The smallest absolute Gasteiger partial charge is 0.337 e. The predicted octanol–water partition coefficient (Wildman–Crippen LogP) is 2.05. The van der Waals surface area contributed by atoms with Gasteiger partial charge in [0, 0.05) is 9.37 Å². The number of sulfonamides is 1. The Labute approximate surface area is 144 Å². The maximum atomic E-state index is 12.6. The minimum absolute atomic E-state index is 0.00229. The van der Waals surface area contributed by atoms with Gasteiger partial charge in [-0.25, -0.2) is 22.6 Å². The zero-order valence-corrected chi connectivity index (χ0v) is 15.1. The number of hydrogen-bond acceptors (Lipinski definition) is 5. The second kappa shape index (κ2) is 6.91. The van der Waals surface area contributed by atoms with E-state index >= 15 is 0 Å². The Morgan fingerprint density at radius 1 is 1.17 bits per heavy atom. The second-order valence-corrected chi connectivity index (χ2v) is 8.31. The van der Waals surface area contributed by atoms with Gasteiger partial charge in [0.2, 0.25) is 10.0 Å². The topological polar surface area (TPSA) is 104 Å². The normalized spacial score (nSPS) is 12.7. The first-order valence-electron chi connectivity index (χ1n) is 6.16. The Morgan fingerprint density at radius 3 is 2.30 bits per heavy atom. The van der Waals surface area contributed by atoms with Crippen LogP contribution >= 0.6 is 15.9 Å². The van der Waals surface area contributed by atoms with Gasteiger partial charge in [-0.1, -0.05) is 15.9 Å². The fourth-order valence-electron chi connectivity index (χ4n) is 1.81. The summed E-state index contributed by atoms with van der Waals surface area (Å²) in [6, 6.07) is 10.3. The van der Waals surface area contributed by atoms with Crippen molar-refractivity contribution in [1.82, 2.24) is 0 Å². The number of esters is 1. The van der Waals surface area contributed by atoms with Crippen molar-refractivity contribution in [2.45, 2.75) is 14.7 Å². The third kappa shape index (κ3) is 4.05. The van der Waals surface area contributed by atoms with Gasteiger partial charge in [-0.3, -0.25) is 0 Å². The molecule has 2 aromatic carbocycles. The zero-order valence-electron chi connectivity index (χ0n) is 11.9. The first-order valence-corrected chi connectivity index (χ1v) is 9.65. The summed E-state index contributed by atoms with van der Waals surface area (Å²) in [6.45, 7) is 0. The molecular formula is C14H12BrNO5S2. The van der Waals surface area contributed by atoms with E-state index in [1.54, 1.807) is 24.3 Å². The Morgan fingerprint density at radius 2 is 1.78 bits per heavy atom. The van der Waals surface area contributed by atoms with E-state index in [1.165, 1.54) is 19.2 Å². The Hall–Kier alpha value is -1.55. The number of primary sulfonamides is 1. The largest absolute Gasteiger partial charge is 0.465 e. The zero-order chi connectivity index (χ0) is 17.2. The highest BCUT2D eigenvalue weighted by Crippen LogP contribution is 2.25. The predicted molar refractivity (Wildman–Crippen MR) is 88.0 cm³/mol. The highest BCUT2D eigenvalue weighted by molar-refractivity contribution is 9.10. The number of hydrogen-bond donors (Lipinski definition) is 1. The lowest BCUT2D eigenvalue weighted by molar-refractivity contribution is 0.0600. The molecule has 0 aliphatic heterocycles. The van der Waals surface area contributed by atoms with Gasteiger partial charge in [-0.15, -0.1) is 0 Å². The van der Waals surface area contributed by atoms with Crippen molar-refractivity contribution in [2.75, 3.05) is 7.11 Å². The van der Waals surface area contributed by atoms with Gasteiger partial charge >= 0.3 is 5.97 Å². The molecule has 0 aromatic heterocycles. The van der Waals surface area contributed by atoms with Crippen LogP contribution in [0.4, 0.5) is 0 Å². The summed E-state index contributed by atoms with van der Waals surface area (Å²) in [7, 11) is -4.76. The molecule has 0 bridgehead atoms. The Balaban J connectivity index is 2.60. The monoisotopic (exact) mass is 417 g/mol. The SMILES string of the molecule is COC(=O)c1ccc(S(=O)c2ccc(Br)cc2)c(S(N)(=O)=O)c1. The minimum atomic E-state index is -4.17. The molecule has 0 amide bonds. The van der Waals surface area contributed by atoms with Gasteiger partial charge in [0.25, 0.3) is 0 Å². The van der Waals surface area contributed by atoms with Crippen molar-refractivity contribution in [3.05, 3.63) is 52.5 Å². The quantitative estimate of drug-likeness (QED) is 0.766. The summed E-state index contributed by atoms with van der Waals surface area (Å²) in [4.78, 5) is 11.6. The molecule has 122 valence electrons. The van der Waals surface area contributed by atoms with E-state index in [0.717, 1.165) is 10.5 Å². The molecule has 2 aromatic rings. The molecule has 0 heterocycles. The van der Waals surface area contributed by atoms with Crippen LogP contribution in [0.1, 0.15) is 10.4 Å². The van der Waals surface area contributed by atoms with Crippen LogP contribution in [0.2, 0.25) is 0 Å². The molecule has 1 unspecified atom stereocenters. The van der Waals surface area contributed by atoms with Crippen molar-refractivity contribution in [2.24, 2.45) is 5.14 Å². The highest BCUT2D eigenvalue weighted by Gasteiger charge is 2.22. The molecular weight excluding hydrogens is 406 g/mol. The van der Waals surface area contributed by atoms with Crippen LogP contribution in [-0.2, 0) is 25.6 Å². The van der Waals surface area contributed by atoms with Gasteiger partial charge < -0.3 is 4.74 Å². The molecule has 2 N–H and O–H groups in total. The number of nitrogens with two attached hydrogens (primary N) is 1. The van der Waals surface area contributed by atoms with Crippen LogP contribution in [0, 0.1) is 0 Å². The third-order valence-corrected chi connectivity index (χ3v) is 5.96. The molecule has 0 fully saturated rings. The van der Waals surface area contributed by atoms with Crippen LogP contribution in [0.5, 0.6) is 0 Å². The number of ether oxygens (including phenoxy) is 1. The third-order valence-electron chi connectivity index (χ3n) is 2.90. The van der Waals surface area contributed by atoms with Crippen LogP contribution in [0.15, 0.2) is 61.6 Å². The van der Waals surface area contributed by atoms with E-state index < -0.39 is 26.8 Å². The van der Waals surface area contributed by atoms with Crippen molar-refractivity contribution in [3.8, 4) is 0 Å². The van der Waals surface area contributed by atoms with Gasteiger partial charge in [-0.05, 0) is 42.5 Å². The standard InChI is InChI=1S/C14H12BrNO5S2/c1-21-14(17)9-2-7-12(13(8-9)23(16,19)20)22(18)11-5-3-10(15)4-6-11/h2-8H,1H3,(H2,16,19,20). The average molecular weight is 418 g/mol. The molecule has 1 atom stereocenters. The summed E-state index contributed by atoms with van der Waals surface area (Å²) >= 11 is 3.26. The molecule has 0 aliphatic carbocycles. The molecule has 0 saturated carbocycles. The molecule has 0 radical (unpaired) electrons. The summed E-state index contributed by atoms with van der Waals surface area (Å²) in [5.41, 5.74) is 0.00748. The van der Waals surface area contributed by atoms with Gasteiger partial charge in [-0.2, -0.15) is 0 Å². The maximum absolute atomic E-state index is 12.6. The molecule has 0 saturated heterocycles. The lowest BCUT2D eigenvalue weighted by atomic mass is 10.2. The number of rotatable bonds is 4. The number of carbonyl (C=O) groups is 1. The lowest BCUT2D eigenvalue weighted by Crippen LogP contribution is -2.16. The van der Waals surface area contributed by atoms with Crippen molar-refractivity contribution in [1.29, 1.82) is 0 Å². The summed E-state index contributed by atoms with van der Waals surface area (Å²) < 4.78 is 41.6. The minimum Gasteiger partial charge on any atom is -0.465 e. The average Bonchev–Trinajstić information content (AvgIpc) is 2.52. The number of methoxy groups -OCH3 is 1.